The van der Waals surface area contributed by atoms with Gasteiger partial charge in [-0.1, -0.05) is 12.1 Å². The van der Waals surface area contributed by atoms with Crippen LogP contribution in [0, 0.1) is 0 Å². The summed E-state index contributed by atoms with van der Waals surface area (Å²) in [7, 11) is 1.49. The second kappa shape index (κ2) is 19.0. The van der Waals surface area contributed by atoms with Gasteiger partial charge in [-0.3, -0.25) is 19.4 Å². The Bertz CT molecular complexity index is 1940. The molecule has 1 aromatic heterocycles. The predicted molar refractivity (Wildman–Crippen MR) is 189 cm³/mol. The molecule has 1 heterocycles. The summed E-state index contributed by atoms with van der Waals surface area (Å²) in [6.45, 7) is 3.25. The number of ether oxygens (including phenoxy) is 1. The normalized spacial score (nSPS) is 11.0. The number of pyridine rings is 1. The highest BCUT2D eigenvalue weighted by Crippen LogP contribution is 2.33. The van der Waals surface area contributed by atoms with Crippen LogP contribution in [-0.4, -0.2) is 48.9 Å². The van der Waals surface area contributed by atoms with E-state index in [9.17, 15) is 45.5 Å². The van der Waals surface area contributed by atoms with Gasteiger partial charge in [0.05, 0.1) is 11.1 Å². The van der Waals surface area contributed by atoms with Gasteiger partial charge in [-0.2, -0.15) is 26.3 Å². The van der Waals surface area contributed by atoms with Crippen molar-refractivity contribution in [3.05, 3.63) is 107 Å². The Balaban J connectivity index is 0.000000386. The van der Waals surface area contributed by atoms with Gasteiger partial charge in [0.1, 0.15) is 17.2 Å². The van der Waals surface area contributed by atoms with Gasteiger partial charge in [0.2, 0.25) is 11.8 Å². The minimum atomic E-state index is -4.59. The standard InChI is InChI=1S/C25H24F3N5O4.C11H13F3N2O/c1-15(34)30-11-9-16-3-4-17(25(26,27)28)13-21(16)33-24(36)32-18-5-7-19(8-6-18)37-20-10-12-31-22(14-20)23(35)29-2;1-7(17)16-5-4-8-2-3-9(6-10(8)15)11(12,13)14/h3-8,10,12-14H,9,11H2,1-2H3,(H,29,35)(H,30,34)(H2,32,33,36);2-3,6H,4-5,15H2,1H3,(H,16,17). The third kappa shape index (κ3) is 13.7. The lowest BCUT2D eigenvalue weighted by molar-refractivity contribution is -0.138. The molecule has 54 heavy (non-hydrogen) atoms. The van der Waals surface area contributed by atoms with E-state index in [1.807, 2.05) is 0 Å². The van der Waals surface area contributed by atoms with Gasteiger partial charge >= 0.3 is 18.4 Å². The summed E-state index contributed by atoms with van der Waals surface area (Å²) in [6.07, 6.45) is -6.92. The van der Waals surface area contributed by atoms with Crippen LogP contribution in [0.4, 0.5) is 48.2 Å². The maximum atomic E-state index is 13.2. The monoisotopic (exact) mass is 761 g/mol. The van der Waals surface area contributed by atoms with E-state index in [1.54, 1.807) is 30.3 Å². The molecular formula is C36H37F6N7O5. The summed E-state index contributed by atoms with van der Waals surface area (Å²) in [5, 5.41) is 12.6. The van der Waals surface area contributed by atoms with Crippen molar-refractivity contribution in [3.8, 4) is 11.5 Å². The van der Waals surface area contributed by atoms with Crippen LogP contribution in [-0.2, 0) is 34.8 Å². The van der Waals surface area contributed by atoms with Crippen molar-refractivity contribution < 1.29 is 50.3 Å². The van der Waals surface area contributed by atoms with Crippen molar-refractivity contribution in [3.63, 3.8) is 0 Å². The number of rotatable bonds is 11. The number of hydrogen-bond donors (Lipinski definition) is 6. The first-order chi connectivity index (χ1) is 25.3. The highest BCUT2D eigenvalue weighted by atomic mass is 19.4. The molecule has 0 saturated carbocycles. The number of benzene rings is 3. The molecular weight excluding hydrogens is 724 g/mol. The average Bonchev–Trinajstić information content (AvgIpc) is 3.09. The highest BCUT2D eigenvalue weighted by molar-refractivity contribution is 6.00. The number of carbonyl (C=O) groups is 4. The van der Waals surface area contributed by atoms with Gasteiger partial charge in [-0.15, -0.1) is 0 Å². The van der Waals surface area contributed by atoms with Crippen molar-refractivity contribution in [2.45, 2.75) is 39.0 Å². The van der Waals surface area contributed by atoms with Crippen LogP contribution in [0.25, 0.3) is 0 Å². The largest absolute Gasteiger partial charge is 0.457 e. The zero-order valence-corrected chi connectivity index (χ0v) is 29.2. The lowest BCUT2D eigenvalue weighted by Crippen LogP contribution is -2.24. The van der Waals surface area contributed by atoms with Gasteiger partial charge in [-0.05, 0) is 78.6 Å². The molecule has 0 bridgehead atoms. The molecule has 0 saturated heterocycles. The summed E-state index contributed by atoms with van der Waals surface area (Å²) >= 11 is 0. The SMILES string of the molecule is CC(=O)NCCc1ccc(C(F)(F)F)cc1N.CNC(=O)c1cc(Oc2ccc(NC(=O)Nc3cc(C(F)(F)F)ccc3CCNC(C)=O)cc2)ccn1. The van der Waals surface area contributed by atoms with Crippen LogP contribution in [0.3, 0.4) is 0 Å². The zero-order valence-electron chi connectivity index (χ0n) is 29.2. The second-order valence-corrected chi connectivity index (χ2v) is 11.4. The second-order valence-electron chi connectivity index (χ2n) is 11.4. The number of nitrogens with two attached hydrogens (primary N) is 1. The number of nitrogen functional groups attached to an aromatic ring is 1. The van der Waals surface area contributed by atoms with Crippen molar-refractivity contribution in [1.82, 2.24) is 20.9 Å². The molecule has 288 valence electrons. The third-order valence-electron chi connectivity index (χ3n) is 7.23. The molecule has 0 spiro atoms. The van der Waals surface area contributed by atoms with E-state index in [0.717, 1.165) is 24.3 Å². The molecule has 3 aromatic carbocycles. The van der Waals surface area contributed by atoms with Crippen LogP contribution in [0.2, 0.25) is 0 Å². The zero-order chi connectivity index (χ0) is 40.1. The molecule has 5 amide bonds. The van der Waals surface area contributed by atoms with Crippen molar-refractivity contribution in [1.29, 1.82) is 0 Å². The van der Waals surface area contributed by atoms with E-state index in [2.05, 4.69) is 31.6 Å². The first-order valence-electron chi connectivity index (χ1n) is 16.0. The smallest absolute Gasteiger partial charge is 0.416 e. The van der Waals surface area contributed by atoms with Gasteiger partial charge in [0, 0.05) is 63.3 Å². The molecule has 0 aliphatic heterocycles. The van der Waals surface area contributed by atoms with E-state index in [0.29, 0.717) is 41.3 Å². The fourth-order valence-electron chi connectivity index (χ4n) is 4.59. The number of amides is 5. The summed E-state index contributed by atoms with van der Waals surface area (Å²) < 4.78 is 82.3. The fraction of sp³-hybridized carbons (Fsp3) is 0.250. The number of aromatic nitrogens is 1. The van der Waals surface area contributed by atoms with Gasteiger partial charge in [0.15, 0.2) is 0 Å². The molecule has 0 radical (unpaired) electrons. The predicted octanol–water partition coefficient (Wildman–Crippen LogP) is 6.54. The van der Waals surface area contributed by atoms with E-state index in [-0.39, 0.29) is 47.8 Å². The van der Waals surface area contributed by atoms with Crippen molar-refractivity contribution >= 4 is 40.8 Å². The summed E-state index contributed by atoms with van der Waals surface area (Å²) in [4.78, 5) is 49.9. The minimum absolute atomic E-state index is 0.0257. The molecule has 4 rings (SSSR count). The number of nitrogens with zero attached hydrogens (tertiary/aromatic N) is 1. The van der Waals surface area contributed by atoms with Crippen LogP contribution >= 0.6 is 0 Å². The molecule has 7 N–H and O–H groups in total. The van der Waals surface area contributed by atoms with Crippen LogP contribution in [0.1, 0.15) is 46.6 Å². The number of anilines is 3. The maximum absolute atomic E-state index is 13.2. The van der Waals surface area contributed by atoms with Crippen LogP contribution in [0.5, 0.6) is 11.5 Å². The Morgan fingerprint density at radius 2 is 1.26 bits per heavy atom. The summed E-state index contributed by atoms with van der Waals surface area (Å²) in [5.74, 6) is -0.0329. The maximum Gasteiger partial charge on any atom is 0.416 e. The molecule has 0 unspecified atom stereocenters. The molecule has 0 atom stereocenters. The highest BCUT2D eigenvalue weighted by Gasteiger charge is 2.32. The van der Waals surface area contributed by atoms with E-state index >= 15 is 0 Å². The van der Waals surface area contributed by atoms with Crippen LogP contribution < -0.4 is 37.1 Å². The lowest BCUT2D eigenvalue weighted by Gasteiger charge is -2.15. The lowest BCUT2D eigenvalue weighted by atomic mass is 10.1. The molecule has 0 fully saturated rings. The third-order valence-corrected chi connectivity index (χ3v) is 7.23. The Hall–Kier alpha value is -6.33. The number of nitrogens with one attached hydrogen (secondary N) is 5. The molecule has 12 nitrogen and oxygen atoms in total. The molecule has 4 aromatic rings. The Morgan fingerprint density at radius 1 is 0.704 bits per heavy atom. The molecule has 0 aliphatic rings. The van der Waals surface area contributed by atoms with Gasteiger partial charge < -0.3 is 37.1 Å². The van der Waals surface area contributed by atoms with E-state index < -0.39 is 29.5 Å². The molecule has 18 heteroatoms. The average molecular weight is 762 g/mol. The number of alkyl halides is 6. The minimum Gasteiger partial charge on any atom is -0.457 e. The van der Waals surface area contributed by atoms with Crippen molar-refractivity contribution in [2.75, 3.05) is 36.5 Å². The number of carbonyl (C=O) groups excluding carboxylic acids is 4. The summed E-state index contributed by atoms with van der Waals surface area (Å²) in [5.41, 5.74) is 5.46. The van der Waals surface area contributed by atoms with Crippen LogP contribution in [0.15, 0.2) is 79.0 Å². The quantitative estimate of drug-likeness (QED) is 0.0743. The topological polar surface area (TPSA) is 177 Å². The van der Waals surface area contributed by atoms with E-state index in [1.165, 1.54) is 45.3 Å². The van der Waals surface area contributed by atoms with Gasteiger partial charge in [-0.25, -0.2) is 4.79 Å². The first kappa shape index (κ1) is 42.1. The van der Waals surface area contributed by atoms with E-state index in [4.69, 9.17) is 10.5 Å². The Kier molecular flexibility index (Phi) is 14.8. The summed E-state index contributed by atoms with van der Waals surface area (Å²) in [6, 6.07) is 14.8. The Morgan fingerprint density at radius 3 is 1.80 bits per heavy atom. The Labute approximate surface area is 305 Å². The molecule has 0 aliphatic carbocycles. The first-order valence-corrected chi connectivity index (χ1v) is 16.0. The number of urea groups is 1. The number of hydrogen-bond acceptors (Lipinski definition) is 7. The van der Waals surface area contributed by atoms with Gasteiger partial charge in [0.25, 0.3) is 5.91 Å². The fourth-order valence-corrected chi connectivity index (χ4v) is 4.59. The number of halogens is 6. The van der Waals surface area contributed by atoms with Crippen molar-refractivity contribution in [2.24, 2.45) is 0 Å².